The number of aromatic amines is 2. The summed E-state index contributed by atoms with van der Waals surface area (Å²) < 4.78 is 0. The molecule has 0 spiro atoms. The normalized spacial score (nSPS) is 21.1. The molecular formula is C53H69N15O10. The highest BCUT2D eigenvalue weighted by atomic mass is 16.7. The molecule has 0 aliphatic carbocycles. The van der Waals surface area contributed by atoms with E-state index in [4.69, 9.17) is 22.0 Å². The zero-order valence-corrected chi connectivity index (χ0v) is 43.5. The fraction of sp³-hybridized carbons (Fsp3) is 0.415. The summed E-state index contributed by atoms with van der Waals surface area (Å²) in [5.74, 6) is -7.64. The summed E-state index contributed by atoms with van der Waals surface area (Å²) >= 11 is 0. The van der Waals surface area contributed by atoms with Crippen LogP contribution in [0.2, 0.25) is 0 Å². The van der Waals surface area contributed by atoms with Crippen molar-refractivity contribution in [3.05, 3.63) is 102 Å². The number of rotatable bonds is 16. The number of para-hydroxylation sites is 1. The molecule has 0 bridgehead atoms. The lowest BCUT2D eigenvalue weighted by atomic mass is 9.99. The second-order valence-electron chi connectivity index (χ2n) is 19.1. The van der Waals surface area contributed by atoms with Crippen molar-refractivity contribution in [3.63, 3.8) is 0 Å². The molecule has 1 aliphatic rings. The Balaban J connectivity index is 1.40. The number of imidazole rings is 1. The first kappa shape index (κ1) is 58.4. The van der Waals surface area contributed by atoms with E-state index in [-0.39, 0.29) is 76.8 Å². The Kier molecular flexibility index (Phi) is 21.6. The number of aromatic nitrogens is 3. The number of hydrogen-bond donors (Lipinski definition) is 13. The zero-order chi connectivity index (χ0) is 56.1. The molecule has 25 heteroatoms. The summed E-state index contributed by atoms with van der Waals surface area (Å²) in [7, 11) is 0. The number of carbonyl (C=O) groups is 9. The smallest absolute Gasteiger partial charge is 0.327 e. The van der Waals surface area contributed by atoms with Crippen LogP contribution in [0.4, 0.5) is 0 Å². The average molecular weight is 1080 g/mol. The molecule has 6 rings (SSSR count). The number of nitrogens with zero attached hydrogens (tertiary/aromatic N) is 2. The zero-order valence-electron chi connectivity index (χ0n) is 43.5. The number of aliphatic imine (C=N–C) groups is 1. The number of carbonyl (C=O) groups excluding carboxylic acids is 9. The Bertz CT molecular complexity index is 2940. The van der Waals surface area contributed by atoms with Gasteiger partial charge >= 0.3 is 5.97 Å². The van der Waals surface area contributed by atoms with Crippen LogP contribution in [0.1, 0.15) is 82.0 Å². The van der Waals surface area contributed by atoms with Crippen molar-refractivity contribution in [1.29, 1.82) is 0 Å². The fourth-order valence-corrected chi connectivity index (χ4v) is 8.96. The highest BCUT2D eigenvalue weighted by molar-refractivity contribution is 5.99. The minimum absolute atomic E-state index is 0.0395. The molecular weight excluding hydrogens is 1010 g/mol. The van der Waals surface area contributed by atoms with E-state index in [1.165, 1.54) is 19.4 Å². The largest absolute Gasteiger partial charge is 0.371 e. The van der Waals surface area contributed by atoms with Gasteiger partial charge in [-0.25, -0.2) is 4.98 Å². The van der Waals surface area contributed by atoms with Crippen LogP contribution in [-0.2, 0) is 67.3 Å². The van der Waals surface area contributed by atoms with Crippen molar-refractivity contribution in [3.8, 4) is 0 Å². The molecule has 78 heavy (non-hydrogen) atoms. The molecule has 0 saturated carbocycles. The SMILES string of the molecule is CCC[C@H](NC(C)=O)C(=O)N[C@H]1CC(=O)ONCCCC[C@@H](C(N)=O)NC(=O)[C@H](Cc2c[nH]c3ccccc23)NC(=O)[C@H](CCCN=C(N)N)NC(=O)[C@@H](Cc2ccc3ccccc3c2)NC(=O)[C@H](Cc2cnc[nH]2)NC1=O. The van der Waals surface area contributed by atoms with E-state index in [0.29, 0.717) is 23.2 Å². The van der Waals surface area contributed by atoms with Gasteiger partial charge in [0.15, 0.2) is 5.96 Å². The van der Waals surface area contributed by atoms with E-state index < -0.39 is 102 Å². The molecule has 1 fully saturated rings. The quantitative estimate of drug-likeness (QED) is 0.0335. The highest BCUT2D eigenvalue weighted by Gasteiger charge is 2.36. The maximum Gasteiger partial charge on any atom is 0.327 e. The number of amides is 8. The third-order valence-electron chi connectivity index (χ3n) is 13.0. The van der Waals surface area contributed by atoms with Crippen LogP contribution in [-0.4, -0.2) is 130 Å². The predicted molar refractivity (Wildman–Crippen MR) is 288 cm³/mol. The molecule has 25 nitrogen and oxygen atoms in total. The van der Waals surface area contributed by atoms with Gasteiger partial charge in [-0.1, -0.05) is 74.0 Å². The summed E-state index contributed by atoms with van der Waals surface area (Å²) in [6.07, 6.45) is 4.60. The standard InChI is InChI=1S/C53H69N15O10/c1-3-11-39(62-30(2)69)47(72)68-44-26-45(70)78-61-21-9-8-16-38(46(54)71)63-50(75)42(24-34-27-59-37-15-7-6-14-36(34)37)66-48(73)40(17-10-20-58-53(55)56)64-49(74)41(23-31-18-19-32-12-4-5-13-33(32)22-31)65-51(76)43(67-52(44)77)25-35-28-57-29-60-35/h4-7,12-15,18-19,22,27-29,38-44,59,61H,3,8-11,16-17,20-21,23-26H2,1-2H3,(H2,54,71)(H,57,60)(H,62,69)(H,63,75)(H,64,74)(H,65,76)(H,66,73)(H,67,77)(H,68,72)(H4,55,56,58)/t38-,39-,40-,41+,42-,43-,44-/m0/s1. The van der Waals surface area contributed by atoms with Gasteiger partial charge in [0.1, 0.15) is 42.3 Å². The lowest BCUT2D eigenvalue weighted by Gasteiger charge is -2.28. The van der Waals surface area contributed by atoms with Gasteiger partial charge in [0.25, 0.3) is 0 Å². The fourth-order valence-electron chi connectivity index (χ4n) is 8.96. The number of H-pyrrole nitrogens is 2. The molecule has 16 N–H and O–H groups in total. The van der Waals surface area contributed by atoms with E-state index in [1.807, 2.05) is 60.7 Å². The van der Waals surface area contributed by atoms with Crippen LogP contribution in [0, 0.1) is 0 Å². The van der Waals surface area contributed by atoms with E-state index in [9.17, 15) is 43.2 Å². The first-order valence-electron chi connectivity index (χ1n) is 25.8. The summed E-state index contributed by atoms with van der Waals surface area (Å²) in [6.45, 7) is 3.10. The van der Waals surface area contributed by atoms with Crippen molar-refractivity contribution in [2.24, 2.45) is 22.2 Å². The van der Waals surface area contributed by atoms with Crippen molar-refractivity contribution in [2.45, 2.75) is 127 Å². The Morgan fingerprint density at radius 2 is 1.44 bits per heavy atom. The Hall–Kier alpha value is -8.87. The van der Waals surface area contributed by atoms with Crippen LogP contribution in [0.15, 0.2) is 90.4 Å². The first-order valence-corrected chi connectivity index (χ1v) is 25.8. The van der Waals surface area contributed by atoms with Gasteiger partial charge in [0, 0.05) is 68.3 Å². The van der Waals surface area contributed by atoms with Crippen molar-refractivity contribution >= 4 is 80.9 Å². The molecule has 416 valence electrons. The van der Waals surface area contributed by atoms with Crippen LogP contribution in [0.3, 0.4) is 0 Å². The molecule has 7 atom stereocenters. The molecule has 2 aromatic heterocycles. The lowest BCUT2D eigenvalue weighted by molar-refractivity contribution is -0.153. The minimum Gasteiger partial charge on any atom is -0.371 e. The topological polar surface area (TPSA) is 394 Å². The number of primary amides is 1. The number of guanidine groups is 1. The van der Waals surface area contributed by atoms with Gasteiger partial charge in [-0.2, -0.15) is 5.48 Å². The number of hydroxylamine groups is 1. The summed E-state index contributed by atoms with van der Waals surface area (Å²) in [5.41, 5.74) is 21.9. The molecule has 3 heterocycles. The molecule has 8 amide bonds. The molecule has 0 radical (unpaired) electrons. The number of nitrogens with two attached hydrogens (primary N) is 3. The Morgan fingerprint density at radius 1 is 0.769 bits per heavy atom. The second-order valence-corrected chi connectivity index (χ2v) is 19.1. The first-order chi connectivity index (χ1) is 37.5. The summed E-state index contributed by atoms with van der Waals surface area (Å²) in [4.78, 5) is 145. The van der Waals surface area contributed by atoms with Gasteiger partial charge in [-0.05, 0) is 66.5 Å². The third kappa shape index (κ3) is 17.6. The molecule has 0 unspecified atom stereocenters. The Morgan fingerprint density at radius 3 is 2.14 bits per heavy atom. The van der Waals surface area contributed by atoms with E-state index >= 15 is 0 Å². The highest BCUT2D eigenvalue weighted by Crippen LogP contribution is 2.21. The maximum absolute atomic E-state index is 14.9. The second kappa shape index (κ2) is 28.9. The number of nitrogens with one attached hydrogen (secondary N) is 10. The third-order valence-corrected chi connectivity index (χ3v) is 13.0. The van der Waals surface area contributed by atoms with Gasteiger partial charge in [0.2, 0.25) is 47.3 Å². The van der Waals surface area contributed by atoms with Gasteiger partial charge in [-0.3, -0.25) is 48.1 Å². The maximum atomic E-state index is 14.9. The van der Waals surface area contributed by atoms with E-state index in [0.717, 1.165) is 21.7 Å². The molecule has 1 aliphatic heterocycles. The summed E-state index contributed by atoms with van der Waals surface area (Å²) in [5, 5.41) is 21.3. The van der Waals surface area contributed by atoms with Gasteiger partial charge in [-0.15, -0.1) is 0 Å². The molecule has 1 saturated heterocycles. The molecule has 5 aromatic rings. The lowest BCUT2D eigenvalue weighted by Crippen LogP contribution is -2.61. The van der Waals surface area contributed by atoms with E-state index in [2.05, 4.69) is 62.6 Å². The average Bonchev–Trinajstić information content (AvgIpc) is 4.12. The van der Waals surface area contributed by atoms with Crippen LogP contribution >= 0.6 is 0 Å². The van der Waals surface area contributed by atoms with Crippen molar-refractivity contribution < 1.29 is 48.0 Å². The number of benzene rings is 3. The van der Waals surface area contributed by atoms with Gasteiger partial charge in [0.05, 0.1) is 12.7 Å². The summed E-state index contributed by atoms with van der Waals surface area (Å²) in [6, 6.07) is 10.6. The molecule has 3 aromatic carbocycles. The van der Waals surface area contributed by atoms with Crippen LogP contribution < -0.4 is 59.9 Å². The number of fused-ring (bicyclic) bond motifs is 2. The van der Waals surface area contributed by atoms with Crippen LogP contribution in [0.5, 0.6) is 0 Å². The minimum atomic E-state index is -1.67. The predicted octanol–water partition coefficient (Wildman–Crippen LogP) is -0.554. The monoisotopic (exact) mass is 1080 g/mol. The Labute approximate surface area is 449 Å². The van der Waals surface area contributed by atoms with E-state index in [1.54, 1.807) is 19.2 Å². The van der Waals surface area contributed by atoms with Gasteiger partial charge < -0.3 is 69.2 Å². The van der Waals surface area contributed by atoms with Crippen molar-refractivity contribution in [1.82, 2.24) is 57.6 Å². The number of hydrogen-bond acceptors (Lipinski definition) is 13. The van der Waals surface area contributed by atoms with Crippen LogP contribution in [0.25, 0.3) is 21.7 Å². The van der Waals surface area contributed by atoms with Crippen molar-refractivity contribution in [2.75, 3.05) is 13.1 Å².